The van der Waals surface area contributed by atoms with Crippen molar-refractivity contribution in [3.8, 4) is 0 Å². The van der Waals surface area contributed by atoms with Crippen LogP contribution in [-0.2, 0) is 9.47 Å². The molecule has 28 heavy (non-hydrogen) atoms. The molecule has 2 N–H and O–H groups in total. The minimum absolute atomic E-state index is 0.181. The molecular weight excluding hydrogens is 385 g/mol. The fourth-order valence-electron chi connectivity index (χ4n) is 3.78. The second kappa shape index (κ2) is 11.0. The number of amides is 2. The van der Waals surface area contributed by atoms with E-state index in [9.17, 15) is 9.18 Å². The van der Waals surface area contributed by atoms with Crippen molar-refractivity contribution < 1.29 is 18.7 Å². The van der Waals surface area contributed by atoms with Crippen molar-refractivity contribution in [1.82, 2.24) is 15.5 Å². The zero-order valence-corrected chi connectivity index (χ0v) is 16.8. The Bertz CT molecular complexity index is 617. The number of hydrogen-bond donors (Lipinski definition) is 2. The monoisotopic (exact) mass is 413 g/mol. The lowest BCUT2D eigenvalue weighted by atomic mass is 10.0. The standard InChI is InChI=1S/C20H29ClFN3O3/c21-16-6-3-7-17(22)19(16)18(25-9-1-2-10-25)13-24-20(26)23-8-12-27-14-15-5-4-11-28-15/h3,6-7,15,18H,1-2,4-5,8-14H2,(H2,23,24,26). The molecule has 8 heteroatoms. The van der Waals surface area contributed by atoms with E-state index < -0.39 is 0 Å². The van der Waals surface area contributed by atoms with E-state index in [4.69, 9.17) is 21.1 Å². The molecule has 2 heterocycles. The van der Waals surface area contributed by atoms with Crippen LogP contribution in [0.4, 0.5) is 9.18 Å². The second-order valence-corrected chi connectivity index (χ2v) is 7.65. The van der Waals surface area contributed by atoms with E-state index in [1.165, 1.54) is 6.07 Å². The van der Waals surface area contributed by atoms with Gasteiger partial charge in [0.1, 0.15) is 5.82 Å². The van der Waals surface area contributed by atoms with E-state index in [1.54, 1.807) is 12.1 Å². The molecule has 2 atom stereocenters. The highest BCUT2D eigenvalue weighted by Gasteiger charge is 2.28. The number of rotatable bonds is 9. The van der Waals surface area contributed by atoms with Gasteiger partial charge in [-0.2, -0.15) is 0 Å². The highest BCUT2D eigenvalue weighted by molar-refractivity contribution is 6.31. The Morgan fingerprint density at radius 3 is 2.86 bits per heavy atom. The van der Waals surface area contributed by atoms with Gasteiger partial charge in [-0.1, -0.05) is 17.7 Å². The molecule has 0 aliphatic carbocycles. The number of carbonyl (C=O) groups excluding carboxylic acids is 1. The van der Waals surface area contributed by atoms with Crippen molar-refractivity contribution >= 4 is 17.6 Å². The molecule has 0 bridgehead atoms. The van der Waals surface area contributed by atoms with Crippen LogP contribution in [0.25, 0.3) is 0 Å². The summed E-state index contributed by atoms with van der Waals surface area (Å²) in [5.41, 5.74) is 0.450. The van der Waals surface area contributed by atoms with Crippen molar-refractivity contribution in [3.63, 3.8) is 0 Å². The van der Waals surface area contributed by atoms with Gasteiger partial charge in [-0.25, -0.2) is 9.18 Å². The molecule has 0 spiro atoms. The van der Waals surface area contributed by atoms with Crippen molar-refractivity contribution in [1.29, 1.82) is 0 Å². The molecule has 2 unspecified atom stereocenters. The number of halogens is 2. The fourth-order valence-corrected chi connectivity index (χ4v) is 4.06. The maximum absolute atomic E-state index is 14.4. The van der Waals surface area contributed by atoms with E-state index in [2.05, 4.69) is 15.5 Å². The van der Waals surface area contributed by atoms with Gasteiger partial charge in [0.25, 0.3) is 0 Å². The number of nitrogens with one attached hydrogen (secondary N) is 2. The largest absolute Gasteiger partial charge is 0.377 e. The number of carbonyl (C=O) groups is 1. The van der Waals surface area contributed by atoms with Crippen molar-refractivity contribution in [2.24, 2.45) is 0 Å². The van der Waals surface area contributed by atoms with Crippen LogP contribution in [-0.4, -0.2) is 63.0 Å². The summed E-state index contributed by atoms with van der Waals surface area (Å²) >= 11 is 6.27. The molecule has 0 saturated carbocycles. The molecule has 2 saturated heterocycles. The van der Waals surface area contributed by atoms with Gasteiger partial charge in [0.2, 0.25) is 0 Å². The van der Waals surface area contributed by atoms with Crippen LogP contribution in [0.2, 0.25) is 5.02 Å². The van der Waals surface area contributed by atoms with Gasteiger partial charge in [-0.15, -0.1) is 0 Å². The number of nitrogens with zero attached hydrogens (tertiary/aromatic N) is 1. The smallest absolute Gasteiger partial charge is 0.314 e. The third-order valence-electron chi connectivity index (χ3n) is 5.23. The van der Waals surface area contributed by atoms with Gasteiger partial charge in [0.15, 0.2) is 0 Å². The molecule has 2 aliphatic rings. The average molecular weight is 414 g/mol. The summed E-state index contributed by atoms with van der Waals surface area (Å²) in [6, 6.07) is 4.12. The summed E-state index contributed by atoms with van der Waals surface area (Å²) in [4.78, 5) is 14.3. The Kier molecular flexibility index (Phi) is 8.33. The van der Waals surface area contributed by atoms with E-state index in [-0.39, 0.29) is 24.0 Å². The van der Waals surface area contributed by atoms with Gasteiger partial charge in [-0.05, 0) is 50.9 Å². The highest BCUT2D eigenvalue weighted by atomic mass is 35.5. The van der Waals surface area contributed by atoms with Gasteiger partial charge >= 0.3 is 6.03 Å². The van der Waals surface area contributed by atoms with Gasteiger partial charge in [0, 0.05) is 30.3 Å². The van der Waals surface area contributed by atoms with E-state index in [1.807, 2.05) is 0 Å². The summed E-state index contributed by atoms with van der Waals surface area (Å²) in [7, 11) is 0. The summed E-state index contributed by atoms with van der Waals surface area (Å²) in [6.45, 7) is 4.25. The Balaban J connectivity index is 1.44. The Labute approximate surface area is 170 Å². The number of hydrogen-bond acceptors (Lipinski definition) is 4. The van der Waals surface area contributed by atoms with Gasteiger partial charge in [-0.3, -0.25) is 4.90 Å². The lowest BCUT2D eigenvalue weighted by Crippen LogP contribution is -2.42. The van der Waals surface area contributed by atoms with Crippen LogP contribution >= 0.6 is 11.6 Å². The molecule has 1 aromatic rings. The zero-order valence-electron chi connectivity index (χ0n) is 16.1. The van der Waals surface area contributed by atoms with Crippen LogP contribution in [0.1, 0.15) is 37.3 Å². The van der Waals surface area contributed by atoms with Gasteiger partial charge < -0.3 is 20.1 Å². The molecule has 2 amide bonds. The summed E-state index contributed by atoms with van der Waals surface area (Å²) in [6.07, 6.45) is 4.43. The summed E-state index contributed by atoms with van der Waals surface area (Å²) in [5.74, 6) is -0.339. The highest BCUT2D eigenvalue weighted by Crippen LogP contribution is 2.31. The first-order chi connectivity index (χ1) is 13.6. The topological polar surface area (TPSA) is 62.8 Å². The normalized spacial score (nSPS) is 21.0. The minimum Gasteiger partial charge on any atom is -0.377 e. The predicted octanol–water partition coefficient (Wildman–Crippen LogP) is 3.11. The predicted molar refractivity (Wildman–Crippen MR) is 106 cm³/mol. The van der Waals surface area contributed by atoms with Crippen LogP contribution in [0.3, 0.4) is 0 Å². The van der Waals surface area contributed by atoms with E-state index >= 15 is 0 Å². The van der Waals surface area contributed by atoms with Crippen molar-refractivity contribution in [3.05, 3.63) is 34.6 Å². The molecule has 0 aromatic heterocycles. The quantitative estimate of drug-likeness (QED) is 0.610. The van der Waals surface area contributed by atoms with E-state index in [0.717, 1.165) is 45.4 Å². The number of likely N-dealkylation sites (tertiary alicyclic amines) is 1. The van der Waals surface area contributed by atoms with Crippen molar-refractivity contribution in [2.45, 2.75) is 37.8 Å². The molecule has 6 nitrogen and oxygen atoms in total. The van der Waals surface area contributed by atoms with Crippen LogP contribution < -0.4 is 10.6 Å². The second-order valence-electron chi connectivity index (χ2n) is 7.24. The van der Waals surface area contributed by atoms with Crippen LogP contribution in [0.5, 0.6) is 0 Å². The van der Waals surface area contributed by atoms with Crippen LogP contribution in [0.15, 0.2) is 18.2 Å². The summed E-state index contributed by atoms with van der Waals surface area (Å²) in [5, 5.41) is 6.01. The van der Waals surface area contributed by atoms with Crippen molar-refractivity contribution in [2.75, 3.05) is 46.0 Å². The number of urea groups is 1. The third kappa shape index (κ3) is 6.04. The number of ether oxygens (including phenoxy) is 2. The van der Waals surface area contributed by atoms with Crippen LogP contribution in [0, 0.1) is 5.82 Å². The molecular formula is C20H29ClFN3O3. The lowest BCUT2D eigenvalue weighted by Gasteiger charge is -2.29. The minimum atomic E-state index is -0.339. The first-order valence-electron chi connectivity index (χ1n) is 10.0. The average Bonchev–Trinajstić information content (AvgIpc) is 3.37. The first-order valence-corrected chi connectivity index (χ1v) is 10.4. The maximum Gasteiger partial charge on any atom is 0.314 e. The number of benzene rings is 1. The Morgan fingerprint density at radius 2 is 2.14 bits per heavy atom. The lowest BCUT2D eigenvalue weighted by molar-refractivity contribution is 0.0188. The molecule has 1 aromatic carbocycles. The Morgan fingerprint density at radius 1 is 1.32 bits per heavy atom. The molecule has 3 rings (SSSR count). The fraction of sp³-hybridized carbons (Fsp3) is 0.650. The Hall–Kier alpha value is -1.41. The summed E-state index contributed by atoms with van der Waals surface area (Å²) < 4.78 is 25.4. The third-order valence-corrected chi connectivity index (χ3v) is 5.56. The zero-order chi connectivity index (χ0) is 19.8. The van der Waals surface area contributed by atoms with E-state index in [0.29, 0.717) is 36.9 Å². The maximum atomic E-state index is 14.4. The molecule has 0 radical (unpaired) electrons. The first kappa shape index (κ1) is 21.3. The molecule has 2 fully saturated rings. The molecule has 156 valence electrons. The molecule has 2 aliphatic heterocycles. The van der Waals surface area contributed by atoms with Gasteiger partial charge in [0.05, 0.1) is 25.4 Å². The SMILES string of the molecule is O=C(NCCOCC1CCCO1)NCC(c1c(F)cccc1Cl)N1CCCC1.